The van der Waals surface area contributed by atoms with E-state index in [0.717, 1.165) is 0 Å². The maximum Gasteiger partial charge on any atom is 0.303 e. The molecule has 0 aliphatic heterocycles. The summed E-state index contributed by atoms with van der Waals surface area (Å²) >= 11 is 0. The Morgan fingerprint density at radius 2 is 2.35 bits per heavy atom. The van der Waals surface area contributed by atoms with Crippen molar-refractivity contribution in [1.82, 2.24) is 14.9 Å². The first-order valence-corrected chi connectivity index (χ1v) is 6.63. The van der Waals surface area contributed by atoms with Crippen molar-refractivity contribution in [3.8, 4) is 0 Å². The van der Waals surface area contributed by atoms with Gasteiger partial charge in [-0.1, -0.05) is 0 Å². The molecule has 0 spiro atoms. The van der Waals surface area contributed by atoms with Crippen LogP contribution in [-0.4, -0.2) is 35.7 Å². The third-order valence-electron chi connectivity index (χ3n) is 2.17. The summed E-state index contributed by atoms with van der Waals surface area (Å²) in [6.07, 6.45) is 3.45. The fraction of sp³-hybridized carbons (Fsp3) is 0.556. The zero-order valence-corrected chi connectivity index (χ0v) is 10.2. The van der Waals surface area contributed by atoms with Crippen LogP contribution < -0.4 is 4.72 Å². The van der Waals surface area contributed by atoms with Gasteiger partial charge in [-0.15, -0.1) is 0 Å². The molecule has 1 unspecified atom stereocenters. The van der Waals surface area contributed by atoms with Crippen molar-refractivity contribution in [2.24, 2.45) is 0 Å². The maximum absolute atomic E-state index is 11.7. The minimum atomic E-state index is -3.56. The molecule has 17 heavy (non-hydrogen) atoms. The zero-order chi connectivity index (χ0) is 12.9. The lowest BCUT2D eigenvalue weighted by Crippen LogP contribution is -2.32. The molecule has 0 radical (unpaired) electrons. The first kappa shape index (κ1) is 13.7. The van der Waals surface area contributed by atoms with Crippen LogP contribution in [0, 0.1) is 0 Å². The lowest BCUT2D eigenvalue weighted by Gasteiger charge is -2.12. The Balaban J connectivity index is 2.46. The Morgan fingerprint density at radius 3 is 2.88 bits per heavy atom. The van der Waals surface area contributed by atoms with Crippen molar-refractivity contribution in [1.29, 1.82) is 0 Å². The molecule has 0 saturated carbocycles. The van der Waals surface area contributed by atoms with Crippen LogP contribution in [0.4, 0.5) is 0 Å². The van der Waals surface area contributed by atoms with E-state index in [1.807, 2.05) is 0 Å². The van der Waals surface area contributed by atoms with Gasteiger partial charge in [0.2, 0.25) is 10.0 Å². The van der Waals surface area contributed by atoms with Crippen molar-refractivity contribution < 1.29 is 18.3 Å². The lowest BCUT2D eigenvalue weighted by atomic mass is 10.1. The summed E-state index contributed by atoms with van der Waals surface area (Å²) in [5.74, 6) is -0.880. The summed E-state index contributed by atoms with van der Waals surface area (Å²) in [5.41, 5.74) is 0. The third-order valence-corrected chi connectivity index (χ3v) is 3.72. The molecule has 0 aromatic carbocycles. The largest absolute Gasteiger partial charge is 0.481 e. The van der Waals surface area contributed by atoms with E-state index in [1.54, 1.807) is 6.92 Å². The molecule has 96 valence electrons. The normalized spacial score (nSPS) is 13.5. The van der Waals surface area contributed by atoms with E-state index in [0.29, 0.717) is 12.8 Å². The fourth-order valence-electron chi connectivity index (χ4n) is 1.34. The molecule has 1 aromatic rings. The number of carboxylic acid groups (broad SMARTS) is 1. The number of nitrogens with zero attached hydrogens (tertiary/aromatic N) is 1. The SMILES string of the molecule is CC(CCCC(=O)O)NS(=O)(=O)c1cn[nH]c1. The Bertz CT molecular complexity index is 455. The van der Waals surface area contributed by atoms with Gasteiger partial charge in [0.15, 0.2) is 0 Å². The van der Waals surface area contributed by atoms with Gasteiger partial charge in [0, 0.05) is 18.7 Å². The molecule has 0 bridgehead atoms. The first-order valence-electron chi connectivity index (χ1n) is 5.14. The second-order valence-corrected chi connectivity index (χ2v) is 5.46. The minimum Gasteiger partial charge on any atom is -0.481 e. The Hall–Kier alpha value is -1.41. The Morgan fingerprint density at radius 1 is 1.65 bits per heavy atom. The number of hydrogen-bond donors (Lipinski definition) is 3. The molecule has 0 fully saturated rings. The number of carbonyl (C=O) groups is 1. The molecule has 1 heterocycles. The van der Waals surface area contributed by atoms with E-state index in [9.17, 15) is 13.2 Å². The molecule has 0 aliphatic rings. The van der Waals surface area contributed by atoms with Gasteiger partial charge >= 0.3 is 5.97 Å². The molecule has 1 aromatic heterocycles. The van der Waals surface area contributed by atoms with Crippen LogP contribution in [0.3, 0.4) is 0 Å². The molecule has 0 amide bonds. The van der Waals surface area contributed by atoms with Crippen LogP contribution in [0.5, 0.6) is 0 Å². The van der Waals surface area contributed by atoms with Crippen LogP contribution in [0.2, 0.25) is 0 Å². The number of aromatic amines is 1. The van der Waals surface area contributed by atoms with E-state index >= 15 is 0 Å². The van der Waals surface area contributed by atoms with Crippen molar-refractivity contribution in [2.75, 3.05) is 0 Å². The molecule has 3 N–H and O–H groups in total. The molecule has 1 rings (SSSR count). The van der Waals surface area contributed by atoms with Crippen LogP contribution in [0.25, 0.3) is 0 Å². The monoisotopic (exact) mass is 261 g/mol. The minimum absolute atomic E-state index is 0.0395. The van der Waals surface area contributed by atoms with Gasteiger partial charge in [0.05, 0.1) is 6.20 Å². The summed E-state index contributed by atoms with van der Waals surface area (Å²) in [6.45, 7) is 1.69. The number of carboxylic acids is 1. The number of rotatable bonds is 7. The van der Waals surface area contributed by atoms with Crippen molar-refractivity contribution in [2.45, 2.75) is 37.1 Å². The van der Waals surface area contributed by atoms with Gasteiger partial charge in [0.1, 0.15) is 4.90 Å². The van der Waals surface area contributed by atoms with E-state index in [-0.39, 0.29) is 17.4 Å². The molecular weight excluding hydrogens is 246 g/mol. The summed E-state index contributed by atoms with van der Waals surface area (Å²) in [7, 11) is -3.56. The van der Waals surface area contributed by atoms with Gasteiger partial charge in [-0.2, -0.15) is 5.10 Å². The highest BCUT2D eigenvalue weighted by molar-refractivity contribution is 7.89. The Kier molecular flexibility index (Phi) is 4.64. The summed E-state index contributed by atoms with van der Waals surface area (Å²) in [6, 6.07) is -0.311. The van der Waals surface area contributed by atoms with E-state index in [2.05, 4.69) is 14.9 Å². The Labute approximate surface area is 99.3 Å². The second-order valence-electron chi connectivity index (χ2n) is 3.74. The van der Waals surface area contributed by atoms with Crippen LogP contribution in [0.1, 0.15) is 26.2 Å². The summed E-state index contributed by atoms with van der Waals surface area (Å²) in [5, 5.41) is 14.4. The zero-order valence-electron chi connectivity index (χ0n) is 9.38. The second kappa shape index (κ2) is 5.78. The van der Waals surface area contributed by atoms with Gasteiger partial charge in [-0.05, 0) is 19.8 Å². The van der Waals surface area contributed by atoms with E-state index in [4.69, 9.17) is 5.11 Å². The number of sulfonamides is 1. The molecule has 7 nitrogen and oxygen atoms in total. The van der Waals surface area contributed by atoms with Gasteiger partial charge < -0.3 is 5.11 Å². The number of aromatic nitrogens is 2. The highest BCUT2D eigenvalue weighted by Crippen LogP contribution is 2.08. The van der Waals surface area contributed by atoms with E-state index < -0.39 is 16.0 Å². The highest BCUT2D eigenvalue weighted by atomic mass is 32.2. The van der Waals surface area contributed by atoms with Gasteiger partial charge in [-0.3, -0.25) is 9.89 Å². The van der Waals surface area contributed by atoms with Crippen molar-refractivity contribution in [3.05, 3.63) is 12.4 Å². The van der Waals surface area contributed by atoms with E-state index in [1.165, 1.54) is 12.4 Å². The number of nitrogens with one attached hydrogen (secondary N) is 2. The molecule has 0 aliphatic carbocycles. The standard InChI is InChI=1S/C9H15N3O4S/c1-7(3-2-4-9(13)14)12-17(15,16)8-5-10-11-6-8/h5-7,12H,2-4H2,1H3,(H,10,11)(H,13,14). The predicted octanol–water partition coefficient (Wildman–Crippen LogP) is 0.331. The highest BCUT2D eigenvalue weighted by Gasteiger charge is 2.18. The van der Waals surface area contributed by atoms with Crippen LogP contribution in [0.15, 0.2) is 17.3 Å². The third kappa shape index (κ3) is 4.53. The lowest BCUT2D eigenvalue weighted by molar-refractivity contribution is -0.137. The van der Waals surface area contributed by atoms with Crippen molar-refractivity contribution in [3.63, 3.8) is 0 Å². The fourth-order valence-corrected chi connectivity index (χ4v) is 2.52. The maximum atomic E-state index is 11.7. The van der Waals surface area contributed by atoms with Gasteiger partial charge in [-0.25, -0.2) is 13.1 Å². The first-order chi connectivity index (χ1) is 7.92. The quantitative estimate of drug-likeness (QED) is 0.654. The number of H-pyrrole nitrogens is 1. The number of hydrogen-bond acceptors (Lipinski definition) is 4. The molecule has 0 saturated heterocycles. The van der Waals surface area contributed by atoms with Crippen LogP contribution >= 0.6 is 0 Å². The van der Waals surface area contributed by atoms with Crippen LogP contribution in [-0.2, 0) is 14.8 Å². The van der Waals surface area contributed by atoms with Crippen molar-refractivity contribution >= 4 is 16.0 Å². The topological polar surface area (TPSA) is 112 Å². The average molecular weight is 261 g/mol. The smallest absolute Gasteiger partial charge is 0.303 e. The predicted molar refractivity (Wildman–Crippen MR) is 59.9 cm³/mol. The molecule has 8 heteroatoms. The summed E-state index contributed by atoms with van der Waals surface area (Å²) in [4.78, 5) is 10.4. The number of aliphatic carboxylic acids is 1. The molecular formula is C9H15N3O4S. The average Bonchev–Trinajstić information content (AvgIpc) is 2.68. The van der Waals surface area contributed by atoms with Gasteiger partial charge in [0.25, 0.3) is 0 Å². The summed E-state index contributed by atoms with van der Waals surface area (Å²) < 4.78 is 25.9. The molecule has 1 atom stereocenters.